The van der Waals surface area contributed by atoms with Crippen molar-refractivity contribution in [2.45, 2.75) is 70.8 Å². The molecule has 0 aliphatic heterocycles. The van der Waals surface area contributed by atoms with Crippen LogP contribution in [-0.2, 0) is 18.1 Å². The second-order valence-electron chi connectivity index (χ2n) is 10.1. The van der Waals surface area contributed by atoms with Crippen molar-refractivity contribution in [3.05, 3.63) is 105 Å². The molecule has 1 heteroatoms. The molecule has 2 radical (unpaired) electrons. The van der Waals surface area contributed by atoms with Crippen molar-refractivity contribution in [3.63, 3.8) is 0 Å². The van der Waals surface area contributed by atoms with E-state index in [2.05, 4.69) is 103 Å². The molecule has 0 aliphatic rings. The number of hydrogen-bond acceptors (Lipinski definition) is 0. The van der Waals surface area contributed by atoms with Crippen LogP contribution in [0.15, 0.2) is 54.6 Å². The summed E-state index contributed by atoms with van der Waals surface area (Å²) in [6, 6.07) is 21.2. The Labute approximate surface area is 190 Å². The predicted octanol–water partition coefficient (Wildman–Crippen LogP) is 7.52. The molecule has 0 N–H and O–H groups in total. The van der Waals surface area contributed by atoms with Crippen LogP contribution in [0, 0.1) is 27.7 Å². The summed E-state index contributed by atoms with van der Waals surface area (Å²) in [5.74, 6) is 0. The van der Waals surface area contributed by atoms with E-state index in [4.69, 9.17) is 0 Å². The quantitative estimate of drug-likeness (QED) is 0.336. The standard InChI is InChI=1S/C29H36Ge/c1-20-8-21(2)10-24(9-20)15-25-11-22(3)12-26(16-25)17-27-13-23(4)14-28(18-27)19-30-29(5,6)7/h8-14,16,18H,15,17,19H2,1-7H3. The molecule has 0 spiro atoms. The molecule has 0 nitrogen and oxygen atoms in total. The van der Waals surface area contributed by atoms with Crippen LogP contribution >= 0.6 is 0 Å². The zero-order valence-corrected chi connectivity index (χ0v) is 21.9. The fourth-order valence-corrected chi connectivity index (χ4v) is 6.28. The van der Waals surface area contributed by atoms with Crippen LogP contribution in [0.2, 0.25) is 4.25 Å². The molecule has 3 rings (SSSR count). The van der Waals surface area contributed by atoms with E-state index in [1.54, 1.807) is 0 Å². The molecule has 0 bridgehead atoms. The van der Waals surface area contributed by atoms with Crippen molar-refractivity contribution in [1.82, 2.24) is 0 Å². The van der Waals surface area contributed by atoms with E-state index in [9.17, 15) is 0 Å². The Morgan fingerprint density at radius 1 is 0.500 bits per heavy atom. The van der Waals surface area contributed by atoms with Crippen LogP contribution < -0.4 is 0 Å². The average molecular weight is 457 g/mol. The molecule has 0 saturated heterocycles. The number of rotatable bonds is 6. The summed E-state index contributed by atoms with van der Waals surface area (Å²) in [4.78, 5) is 0. The molecule has 0 fully saturated rings. The van der Waals surface area contributed by atoms with Crippen molar-refractivity contribution in [3.8, 4) is 0 Å². The summed E-state index contributed by atoms with van der Waals surface area (Å²) in [6.45, 7) is 16.0. The van der Waals surface area contributed by atoms with Gasteiger partial charge in [-0.15, -0.1) is 0 Å². The fourth-order valence-electron chi connectivity index (χ4n) is 4.31. The van der Waals surface area contributed by atoms with Crippen molar-refractivity contribution >= 4 is 15.4 Å². The topological polar surface area (TPSA) is 0 Å². The molecular weight excluding hydrogens is 421 g/mol. The van der Waals surface area contributed by atoms with E-state index in [-0.39, 0.29) is 15.4 Å². The summed E-state index contributed by atoms with van der Waals surface area (Å²) >= 11 is 0.0284. The van der Waals surface area contributed by atoms with E-state index in [0.717, 1.165) is 12.8 Å². The van der Waals surface area contributed by atoms with Crippen molar-refractivity contribution in [2.24, 2.45) is 0 Å². The summed E-state index contributed by atoms with van der Waals surface area (Å²) in [6.07, 6.45) is 2.03. The average Bonchev–Trinajstić information content (AvgIpc) is 2.57. The summed E-state index contributed by atoms with van der Waals surface area (Å²) in [7, 11) is 0. The van der Waals surface area contributed by atoms with Crippen molar-refractivity contribution in [2.75, 3.05) is 0 Å². The first kappa shape index (κ1) is 22.9. The Bertz CT molecular complexity index is 1000. The molecule has 3 aromatic rings. The molecule has 0 saturated carbocycles. The van der Waals surface area contributed by atoms with Gasteiger partial charge in [0.1, 0.15) is 0 Å². The summed E-state index contributed by atoms with van der Waals surface area (Å²) in [5.41, 5.74) is 12.7. The first-order chi connectivity index (χ1) is 14.1. The zero-order valence-electron chi connectivity index (χ0n) is 19.8. The van der Waals surface area contributed by atoms with Crippen molar-refractivity contribution < 1.29 is 0 Å². The van der Waals surface area contributed by atoms with Crippen LogP contribution in [0.4, 0.5) is 0 Å². The monoisotopic (exact) mass is 458 g/mol. The van der Waals surface area contributed by atoms with Gasteiger partial charge in [0, 0.05) is 0 Å². The van der Waals surface area contributed by atoms with E-state index in [1.165, 1.54) is 55.3 Å². The predicted molar refractivity (Wildman–Crippen MR) is 133 cm³/mol. The SMILES string of the molecule is Cc1cc(C)cc(Cc2cc(C)cc(Cc3cc(C)cc([CH2][Ge][C](C)(C)C)c3)c2)c1. The van der Waals surface area contributed by atoms with E-state index < -0.39 is 0 Å². The van der Waals surface area contributed by atoms with Gasteiger partial charge >= 0.3 is 171 Å². The van der Waals surface area contributed by atoms with E-state index in [0.29, 0.717) is 4.25 Å². The third kappa shape index (κ3) is 7.16. The van der Waals surface area contributed by atoms with Gasteiger partial charge in [-0.1, -0.05) is 6.07 Å². The molecule has 30 heavy (non-hydrogen) atoms. The number of benzene rings is 3. The second kappa shape index (κ2) is 9.56. The molecule has 156 valence electrons. The van der Waals surface area contributed by atoms with Crippen LogP contribution in [-0.4, -0.2) is 15.4 Å². The Morgan fingerprint density at radius 3 is 1.27 bits per heavy atom. The molecule has 3 aromatic carbocycles. The number of aryl methyl sites for hydroxylation is 4. The van der Waals surface area contributed by atoms with Gasteiger partial charge in [-0.2, -0.15) is 0 Å². The molecule has 0 aliphatic carbocycles. The molecule has 0 atom stereocenters. The zero-order chi connectivity index (χ0) is 21.9. The summed E-state index contributed by atoms with van der Waals surface area (Å²) < 4.78 is 0.503. The Hall–Kier alpha value is -1.80. The fraction of sp³-hybridized carbons (Fsp3) is 0.379. The first-order valence-corrected chi connectivity index (χ1v) is 13.6. The van der Waals surface area contributed by atoms with Gasteiger partial charge < -0.3 is 0 Å². The Balaban J connectivity index is 1.80. The Morgan fingerprint density at radius 2 is 0.833 bits per heavy atom. The van der Waals surface area contributed by atoms with Gasteiger partial charge in [0.25, 0.3) is 0 Å². The van der Waals surface area contributed by atoms with Crippen LogP contribution in [0.25, 0.3) is 0 Å². The second-order valence-corrected chi connectivity index (χ2v) is 14.7. The Kier molecular flexibility index (Phi) is 7.29. The van der Waals surface area contributed by atoms with E-state index in [1.807, 2.05) is 0 Å². The van der Waals surface area contributed by atoms with Gasteiger partial charge in [0.15, 0.2) is 0 Å². The van der Waals surface area contributed by atoms with Crippen LogP contribution in [0.3, 0.4) is 0 Å². The molecule has 0 heterocycles. The van der Waals surface area contributed by atoms with Gasteiger partial charge in [0.2, 0.25) is 0 Å². The molecule has 0 amide bonds. The maximum atomic E-state index is 2.45. The third-order valence-electron chi connectivity index (χ3n) is 5.31. The minimum absolute atomic E-state index is 0.0284. The maximum absolute atomic E-state index is 2.45. The normalized spacial score (nSPS) is 11.7. The van der Waals surface area contributed by atoms with Crippen LogP contribution in [0.5, 0.6) is 0 Å². The van der Waals surface area contributed by atoms with Gasteiger partial charge in [0.05, 0.1) is 0 Å². The molecule has 0 aromatic heterocycles. The number of hydrogen-bond donors (Lipinski definition) is 0. The molecule has 0 unspecified atom stereocenters. The van der Waals surface area contributed by atoms with Gasteiger partial charge in [-0.05, 0) is 13.8 Å². The minimum atomic E-state index is 0.0284. The summed E-state index contributed by atoms with van der Waals surface area (Å²) in [5, 5.41) is 1.28. The van der Waals surface area contributed by atoms with Crippen molar-refractivity contribution in [1.29, 1.82) is 0 Å². The third-order valence-corrected chi connectivity index (χ3v) is 8.77. The van der Waals surface area contributed by atoms with E-state index >= 15 is 0 Å². The van der Waals surface area contributed by atoms with Gasteiger partial charge in [-0.3, -0.25) is 0 Å². The van der Waals surface area contributed by atoms with Gasteiger partial charge in [-0.25, -0.2) is 0 Å². The first-order valence-electron chi connectivity index (χ1n) is 11.1. The molecular formula is C29H36Ge. The van der Waals surface area contributed by atoms with Crippen LogP contribution in [0.1, 0.15) is 70.8 Å².